The van der Waals surface area contributed by atoms with Gasteiger partial charge < -0.3 is 5.73 Å². The number of nitrogens with two attached hydrogens (primary N) is 1. The number of hydrogen-bond donors (Lipinski definition) is 1. The van der Waals surface area contributed by atoms with E-state index in [0.29, 0.717) is 6.42 Å². The van der Waals surface area contributed by atoms with Crippen LogP contribution in [-0.2, 0) is 4.79 Å². The van der Waals surface area contributed by atoms with Crippen LogP contribution in [0.3, 0.4) is 0 Å². The molecule has 1 rings (SSSR count). The zero-order valence-electron chi connectivity index (χ0n) is 9.88. The fourth-order valence-electron chi connectivity index (χ4n) is 1.01. The van der Waals surface area contributed by atoms with Crippen LogP contribution in [0.2, 0.25) is 0 Å². The van der Waals surface area contributed by atoms with Crippen molar-refractivity contribution in [2.75, 3.05) is 0 Å². The van der Waals surface area contributed by atoms with Gasteiger partial charge in [0.05, 0.1) is 6.04 Å². The van der Waals surface area contributed by atoms with E-state index < -0.39 is 0 Å². The lowest BCUT2D eigenvalue weighted by Gasteiger charge is -2.14. The summed E-state index contributed by atoms with van der Waals surface area (Å²) in [6.45, 7) is 9.54. The monoisotopic (exact) mass is 199 g/mol. The smallest absolute Gasteiger partial charge is 0.149 e. The standard InChI is InChI=1S/C6H11NO.C4H8.C2H6/c7-5-3-1-2-4-6(5)8;1-3-4-2;1-2/h5H,1-4,7H2;3H,1,4H2,2H3;1-2H3. The minimum absolute atomic E-state index is 0.135. The van der Waals surface area contributed by atoms with Gasteiger partial charge in [0.1, 0.15) is 5.78 Å². The first-order chi connectivity index (χ1) is 6.72. The van der Waals surface area contributed by atoms with Crippen LogP contribution in [0.25, 0.3) is 0 Å². The summed E-state index contributed by atoms with van der Waals surface area (Å²) in [7, 11) is 0. The van der Waals surface area contributed by atoms with E-state index in [-0.39, 0.29) is 11.8 Å². The van der Waals surface area contributed by atoms with Gasteiger partial charge in [-0.1, -0.05) is 33.3 Å². The summed E-state index contributed by atoms with van der Waals surface area (Å²) in [5.41, 5.74) is 5.43. The summed E-state index contributed by atoms with van der Waals surface area (Å²) in [6, 6.07) is -0.135. The Balaban J connectivity index is 0. The predicted octanol–water partition coefficient (Wildman–Crippen LogP) is 3.07. The summed E-state index contributed by atoms with van der Waals surface area (Å²) >= 11 is 0. The molecule has 1 aliphatic carbocycles. The van der Waals surface area contributed by atoms with Crippen molar-refractivity contribution in [3.05, 3.63) is 12.7 Å². The van der Waals surface area contributed by atoms with Crippen LogP contribution >= 0.6 is 0 Å². The van der Waals surface area contributed by atoms with Gasteiger partial charge in [-0.15, -0.1) is 6.58 Å². The van der Waals surface area contributed by atoms with Crippen molar-refractivity contribution in [1.82, 2.24) is 0 Å². The fraction of sp³-hybridized carbons (Fsp3) is 0.750. The number of ketones is 1. The lowest BCUT2D eigenvalue weighted by Crippen LogP contribution is -2.32. The molecule has 1 atom stereocenters. The van der Waals surface area contributed by atoms with Gasteiger partial charge in [0, 0.05) is 6.42 Å². The molecule has 0 aliphatic heterocycles. The summed E-state index contributed by atoms with van der Waals surface area (Å²) in [6.07, 6.45) is 6.75. The number of carbonyl (C=O) groups is 1. The van der Waals surface area contributed by atoms with Gasteiger partial charge in [-0.3, -0.25) is 4.79 Å². The van der Waals surface area contributed by atoms with Crippen molar-refractivity contribution in [1.29, 1.82) is 0 Å². The lowest BCUT2D eigenvalue weighted by molar-refractivity contribution is -0.121. The Bertz CT molecular complexity index is 143. The average Bonchev–Trinajstić information content (AvgIpc) is 2.26. The molecule has 2 heteroatoms. The van der Waals surface area contributed by atoms with Crippen LogP contribution in [0, 0.1) is 0 Å². The average molecular weight is 199 g/mol. The van der Waals surface area contributed by atoms with Crippen molar-refractivity contribution in [2.45, 2.75) is 58.9 Å². The van der Waals surface area contributed by atoms with Gasteiger partial charge in [0.2, 0.25) is 0 Å². The van der Waals surface area contributed by atoms with E-state index in [2.05, 4.69) is 13.5 Å². The molecule has 14 heavy (non-hydrogen) atoms. The van der Waals surface area contributed by atoms with E-state index in [1.807, 2.05) is 19.9 Å². The molecule has 1 fully saturated rings. The predicted molar refractivity (Wildman–Crippen MR) is 63.3 cm³/mol. The highest BCUT2D eigenvalue weighted by molar-refractivity contribution is 5.84. The van der Waals surface area contributed by atoms with Crippen LogP contribution < -0.4 is 5.73 Å². The first-order valence-electron chi connectivity index (χ1n) is 5.61. The third kappa shape index (κ3) is 9.46. The summed E-state index contributed by atoms with van der Waals surface area (Å²) < 4.78 is 0. The number of Topliss-reactive ketones (excluding diaryl/α,β-unsaturated/α-hetero) is 1. The van der Waals surface area contributed by atoms with E-state index in [9.17, 15) is 4.79 Å². The largest absolute Gasteiger partial charge is 0.322 e. The molecule has 0 aromatic carbocycles. The van der Waals surface area contributed by atoms with Gasteiger partial charge in [-0.05, 0) is 19.3 Å². The number of hydrogen-bond acceptors (Lipinski definition) is 2. The van der Waals surface area contributed by atoms with Gasteiger partial charge in [-0.25, -0.2) is 0 Å². The van der Waals surface area contributed by atoms with Crippen LogP contribution in [0.15, 0.2) is 12.7 Å². The van der Waals surface area contributed by atoms with E-state index in [1.54, 1.807) is 0 Å². The third-order valence-electron chi connectivity index (χ3n) is 1.89. The van der Waals surface area contributed by atoms with Crippen molar-refractivity contribution in [3.8, 4) is 0 Å². The van der Waals surface area contributed by atoms with E-state index in [0.717, 1.165) is 25.7 Å². The maximum atomic E-state index is 10.7. The number of rotatable bonds is 1. The molecule has 1 unspecified atom stereocenters. The summed E-state index contributed by atoms with van der Waals surface area (Å²) in [4.78, 5) is 10.7. The third-order valence-corrected chi connectivity index (χ3v) is 1.89. The van der Waals surface area contributed by atoms with Gasteiger partial charge in [-0.2, -0.15) is 0 Å². The van der Waals surface area contributed by atoms with Crippen molar-refractivity contribution >= 4 is 5.78 Å². The highest BCUT2D eigenvalue weighted by Gasteiger charge is 2.16. The molecule has 1 saturated carbocycles. The van der Waals surface area contributed by atoms with Gasteiger partial charge in [0.25, 0.3) is 0 Å². The Hall–Kier alpha value is -0.630. The molecule has 0 spiro atoms. The topological polar surface area (TPSA) is 43.1 Å². The molecule has 2 nitrogen and oxygen atoms in total. The first kappa shape index (κ1) is 15.8. The molecule has 1 aliphatic rings. The fourth-order valence-corrected chi connectivity index (χ4v) is 1.01. The Morgan fingerprint density at radius 3 is 2.21 bits per heavy atom. The zero-order valence-corrected chi connectivity index (χ0v) is 9.88. The molecule has 0 aromatic heterocycles. The Morgan fingerprint density at radius 1 is 1.50 bits per heavy atom. The molecule has 0 amide bonds. The van der Waals surface area contributed by atoms with Crippen molar-refractivity contribution in [3.63, 3.8) is 0 Å². The van der Waals surface area contributed by atoms with Crippen LogP contribution in [0.5, 0.6) is 0 Å². The number of allylic oxidation sites excluding steroid dienone is 1. The molecule has 0 saturated heterocycles. The molecule has 0 bridgehead atoms. The summed E-state index contributed by atoms with van der Waals surface area (Å²) in [5, 5.41) is 0. The second kappa shape index (κ2) is 12.4. The van der Waals surface area contributed by atoms with E-state index in [1.165, 1.54) is 0 Å². The molecular weight excluding hydrogens is 174 g/mol. The SMILES string of the molecule is C=CCC.CC.NC1CCCCC1=O. The molecule has 84 valence electrons. The highest BCUT2D eigenvalue weighted by Crippen LogP contribution is 2.11. The first-order valence-corrected chi connectivity index (χ1v) is 5.61. The minimum Gasteiger partial charge on any atom is -0.322 e. The van der Waals surface area contributed by atoms with Gasteiger partial charge >= 0.3 is 0 Å². The van der Waals surface area contributed by atoms with Crippen LogP contribution in [0.4, 0.5) is 0 Å². The molecule has 0 radical (unpaired) electrons. The molecular formula is C12H25NO. The van der Waals surface area contributed by atoms with Crippen LogP contribution in [-0.4, -0.2) is 11.8 Å². The maximum Gasteiger partial charge on any atom is 0.149 e. The molecule has 0 aromatic rings. The van der Waals surface area contributed by atoms with E-state index >= 15 is 0 Å². The molecule has 2 N–H and O–H groups in total. The second-order valence-electron chi connectivity index (χ2n) is 3.02. The van der Waals surface area contributed by atoms with Crippen LogP contribution in [0.1, 0.15) is 52.9 Å². The zero-order chi connectivity index (χ0) is 11.4. The molecule has 0 heterocycles. The van der Waals surface area contributed by atoms with E-state index in [4.69, 9.17) is 5.73 Å². The normalized spacial score (nSPS) is 19.7. The Kier molecular flexibility index (Phi) is 14.0. The van der Waals surface area contributed by atoms with Crippen molar-refractivity contribution < 1.29 is 4.79 Å². The van der Waals surface area contributed by atoms with Crippen molar-refractivity contribution in [2.24, 2.45) is 5.73 Å². The van der Waals surface area contributed by atoms with Gasteiger partial charge in [0.15, 0.2) is 0 Å². The minimum atomic E-state index is -0.135. The lowest BCUT2D eigenvalue weighted by atomic mass is 9.95. The Morgan fingerprint density at radius 2 is 2.00 bits per heavy atom. The highest BCUT2D eigenvalue weighted by atomic mass is 16.1. The Labute approximate surface area is 88.6 Å². The quantitative estimate of drug-likeness (QED) is 0.659. The second-order valence-corrected chi connectivity index (χ2v) is 3.02. The summed E-state index contributed by atoms with van der Waals surface area (Å²) in [5.74, 6) is 0.247. The maximum absolute atomic E-state index is 10.7. The number of carbonyl (C=O) groups excluding carboxylic acids is 1.